The Bertz CT molecular complexity index is 456. The largest absolute Gasteiger partial charge is 0.382 e. The Hall–Kier alpha value is -1.58. The standard InChI is InChI=1S/C9H10N4/c10-8-6-3-4-7(5-1-2-5)11-9(6)13-12-8/h3-5H,1-2H2,(H3,10,11,12,13). The van der Waals surface area contributed by atoms with E-state index < -0.39 is 0 Å². The summed E-state index contributed by atoms with van der Waals surface area (Å²) in [4.78, 5) is 4.46. The molecule has 66 valence electrons. The summed E-state index contributed by atoms with van der Waals surface area (Å²) in [7, 11) is 0. The molecule has 0 saturated heterocycles. The second kappa shape index (κ2) is 2.22. The van der Waals surface area contributed by atoms with Crippen molar-refractivity contribution in [2.24, 2.45) is 0 Å². The molecule has 0 radical (unpaired) electrons. The van der Waals surface area contributed by atoms with E-state index in [1.807, 2.05) is 12.1 Å². The van der Waals surface area contributed by atoms with Gasteiger partial charge in [0.25, 0.3) is 0 Å². The number of anilines is 1. The molecule has 0 aromatic carbocycles. The van der Waals surface area contributed by atoms with Gasteiger partial charge in [-0.1, -0.05) is 0 Å². The van der Waals surface area contributed by atoms with Crippen LogP contribution >= 0.6 is 0 Å². The van der Waals surface area contributed by atoms with Crippen LogP contribution in [0.1, 0.15) is 24.5 Å². The molecule has 2 heterocycles. The summed E-state index contributed by atoms with van der Waals surface area (Å²) < 4.78 is 0. The maximum absolute atomic E-state index is 5.64. The molecule has 0 amide bonds. The number of hydrogen-bond donors (Lipinski definition) is 2. The van der Waals surface area contributed by atoms with Crippen LogP contribution in [0.4, 0.5) is 5.82 Å². The number of hydrogen-bond acceptors (Lipinski definition) is 3. The van der Waals surface area contributed by atoms with Gasteiger partial charge in [-0.15, -0.1) is 0 Å². The Morgan fingerprint density at radius 1 is 1.38 bits per heavy atom. The molecule has 0 aliphatic heterocycles. The van der Waals surface area contributed by atoms with E-state index in [0.717, 1.165) is 16.7 Å². The Morgan fingerprint density at radius 3 is 3.00 bits per heavy atom. The molecule has 1 fully saturated rings. The van der Waals surface area contributed by atoms with Gasteiger partial charge in [-0.3, -0.25) is 5.10 Å². The second-order valence-corrected chi connectivity index (χ2v) is 3.52. The molecule has 3 N–H and O–H groups in total. The van der Waals surface area contributed by atoms with Gasteiger partial charge in [0.15, 0.2) is 11.5 Å². The molecule has 1 aliphatic carbocycles. The van der Waals surface area contributed by atoms with Crippen LogP contribution in [0.5, 0.6) is 0 Å². The van der Waals surface area contributed by atoms with Crippen LogP contribution in [-0.2, 0) is 0 Å². The van der Waals surface area contributed by atoms with E-state index in [0.29, 0.717) is 11.7 Å². The molecule has 4 nitrogen and oxygen atoms in total. The third kappa shape index (κ3) is 0.983. The first-order chi connectivity index (χ1) is 6.34. The van der Waals surface area contributed by atoms with E-state index in [2.05, 4.69) is 15.2 Å². The van der Waals surface area contributed by atoms with E-state index in [9.17, 15) is 0 Å². The molecule has 13 heavy (non-hydrogen) atoms. The number of nitrogens with zero attached hydrogens (tertiary/aromatic N) is 2. The smallest absolute Gasteiger partial charge is 0.157 e. The van der Waals surface area contributed by atoms with E-state index in [1.165, 1.54) is 12.8 Å². The molecule has 1 saturated carbocycles. The van der Waals surface area contributed by atoms with E-state index >= 15 is 0 Å². The van der Waals surface area contributed by atoms with Crippen molar-refractivity contribution >= 4 is 16.9 Å². The number of rotatable bonds is 1. The number of fused-ring (bicyclic) bond motifs is 1. The zero-order valence-corrected chi connectivity index (χ0v) is 7.12. The predicted octanol–water partition coefficient (Wildman–Crippen LogP) is 1.42. The molecule has 3 rings (SSSR count). The molecule has 1 aliphatic rings. The number of nitrogens with two attached hydrogens (primary N) is 1. The molecule has 0 atom stereocenters. The van der Waals surface area contributed by atoms with Crippen LogP contribution in [0.15, 0.2) is 12.1 Å². The van der Waals surface area contributed by atoms with Gasteiger partial charge in [0, 0.05) is 11.6 Å². The second-order valence-electron chi connectivity index (χ2n) is 3.52. The van der Waals surface area contributed by atoms with Crippen molar-refractivity contribution in [2.75, 3.05) is 5.73 Å². The van der Waals surface area contributed by atoms with E-state index in [-0.39, 0.29) is 0 Å². The summed E-state index contributed by atoms with van der Waals surface area (Å²) in [6.07, 6.45) is 2.53. The normalized spacial score (nSPS) is 16.6. The summed E-state index contributed by atoms with van der Waals surface area (Å²) in [5.74, 6) is 1.21. The highest BCUT2D eigenvalue weighted by Gasteiger charge is 2.25. The fourth-order valence-corrected chi connectivity index (χ4v) is 1.55. The molecule has 2 aromatic rings. The Labute approximate surface area is 75.2 Å². The minimum atomic E-state index is 0.532. The van der Waals surface area contributed by atoms with Crippen molar-refractivity contribution in [1.29, 1.82) is 0 Å². The predicted molar refractivity (Wildman–Crippen MR) is 50.3 cm³/mol. The molecule has 0 bridgehead atoms. The van der Waals surface area contributed by atoms with Gasteiger partial charge in [-0.05, 0) is 25.0 Å². The molecular formula is C9H10N4. The van der Waals surface area contributed by atoms with Gasteiger partial charge < -0.3 is 5.73 Å². The Morgan fingerprint density at radius 2 is 2.23 bits per heavy atom. The molecular weight excluding hydrogens is 164 g/mol. The third-order valence-electron chi connectivity index (χ3n) is 2.47. The lowest BCUT2D eigenvalue weighted by Gasteiger charge is -1.95. The average Bonchev–Trinajstić information content (AvgIpc) is 2.93. The van der Waals surface area contributed by atoms with Gasteiger partial charge >= 0.3 is 0 Å². The van der Waals surface area contributed by atoms with Crippen molar-refractivity contribution < 1.29 is 0 Å². The summed E-state index contributed by atoms with van der Waals surface area (Å²) >= 11 is 0. The summed E-state index contributed by atoms with van der Waals surface area (Å²) in [5, 5.41) is 7.65. The zero-order valence-electron chi connectivity index (χ0n) is 7.12. The molecule has 0 spiro atoms. The van der Waals surface area contributed by atoms with E-state index in [4.69, 9.17) is 5.73 Å². The first-order valence-electron chi connectivity index (χ1n) is 4.45. The maximum Gasteiger partial charge on any atom is 0.157 e. The minimum Gasteiger partial charge on any atom is -0.382 e. The highest BCUT2D eigenvalue weighted by Crippen LogP contribution is 2.39. The van der Waals surface area contributed by atoms with Crippen molar-refractivity contribution in [3.63, 3.8) is 0 Å². The van der Waals surface area contributed by atoms with Crippen LogP contribution in [0.25, 0.3) is 11.0 Å². The number of nitrogens with one attached hydrogen (secondary N) is 1. The van der Waals surface area contributed by atoms with Crippen molar-refractivity contribution in [3.05, 3.63) is 17.8 Å². The lowest BCUT2D eigenvalue weighted by atomic mass is 10.2. The van der Waals surface area contributed by atoms with Crippen molar-refractivity contribution in [3.8, 4) is 0 Å². The SMILES string of the molecule is Nc1n[nH]c2nc(C3CC3)ccc12. The molecule has 2 aromatic heterocycles. The summed E-state index contributed by atoms with van der Waals surface area (Å²) in [5.41, 5.74) is 7.61. The average molecular weight is 174 g/mol. The fraction of sp³-hybridized carbons (Fsp3) is 0.333. The first-order valence-corrected chi connectivity index (χ1v) is 4.45. The van der Waals surface area contributed by atoms with Crippen LogP contribution in [0, 0.1) is 0 Å². The highest BCUT2D eigenvalue weighted by molar-refractivity contribution is 5.85. The number of H-pyrrole nitrogens is 1. The summed E-state index contributed by atoms with van der Waals surface area (Å²) in [6.45, 7) is 0. The Balaban J connectivity index is 2.21. The number of nitrogen functional groups attached to an aromatic ring is 1. The van der Waals surface area contributed by atoms with Gasteiger partial charge in [0.1, 0.15) is 0 Å². The number of aromatic nitrogens is 3. The van der Waals surface area contributed by atoms with Crippen LogP contribution in [0.3, 0.4) is 0 Å². The quantitative estimate of drug-likeness (QED) is 0.687. The number of pyridine rings is 1. The van der Waals surface area contributed by atoms with Gasteiger partial charge in [-0.25, -0.2) is 4.98 Å². The van der Waals surface area contributed by atoms with Crippen LogP contribution < -0.4 is 5.73 Å². The molecule has 0 unspecified atom stereocenters. The highest BCUT2D eigenvalue weighted by atomic mass is 15.2. The third-order valence-corrected chi connectivity index (χ3v) is 2.47. The monoisotopic (exact) mass is 174 g/mol. The lowest BCUT2D eigenvalue weighted by molar-refractivity contribution is 1.02. The summed E-state index contributed by atoms with van der Waals surface area (Å²) in [6, 6.07) is 4.04. The minimum absolute atomic E-state index is 0.532. The van der Waals surface area contributed by atoms with Gasteiger partial charge in [-0.2, -0.15) is 5.10 Å². The van der Waals surface area contributed by atoms with E-state index in [1.54, 1.807) is 0 Å². The Kier molecular flexibility index (Phi) is 1.17. The first kappa shape index (κ1) is 6.88. The lowest BCUT2D eigenvalue weighted by Crippen LogP contribution is -1.87. The molecule has 4 heteroatoms. The maximum atomic E-state index is 5.64. The van der Waals surface area contributed by atoms with Crippen LogP contribution in [-0.4, -0.2) is 15.2 Å². The van der Waals surface area contributed by atoms with Crippen molar-refractivity contribution in [2.45, 2.75) is 18.8 Å². The van der Waals surface area contributed by atoms with Gasteiger partial charge in [0.2, 0.25) is 0 Å². The zero-order chi connectivity index (χ0) is 8.84. The topological polar surface area (TPSA) is 67.6 Å². The van der Waals surface area contributed by atoms with Crippen LogP contribution in [0.2, 0.25) is 0 Å². The van der Waals surface area contributed by atoms with Gasteiger partial charge in [0.05, 0.1) is 5.39 Å². The van der Waals surface area contributed by atoms with Crippen molar-refractivity contribution in [1.82, 2.24) is 15.2 Å². The number of aromatic amines is 1. The fourth-order valence-electron chi connectivity index (χ4n) is 1.55.